The molecule has 0 amide bonds. The van der Waals surface area contributed by atoms with Crippen LogP contribution in [-0.4, -0.2) is 6.04 Å². The van der Waals surface area contributed by atoms with E-state index in [-0.39, 0.29) is 0 Å². The van der Waals surface area contributed by atoms with Crippen LogP contribution in [0.2, 0.25) is 0 Å². The third kappa shape index (κ3) is 1.90. The molecule has 1 unspecified atom stereocenters. The maximum absolute atomic E-state index is 3.45. The average molecular weight is 165 g/mol. The highest BCUT2D eigenvalue weighted by molar-refractivity contribution is 5.32. The first-order valence-corrected chi connectivity index (χ1v) is 5.01. The van der Waals surface area contributed by atoms with Gasteiger partial charge < -0.3 is 5.32 Å². The van der Waals surface area contributed by atoms with Gasteiger partial charge in [-0.15, -0.1) is 0 Å². The summed E-state index contributed by atoms with van der Waals surface area (Å²) in [5.41, 5.74) is 3.04. The predicted octanol–water partition coefficient (Wildman–Crippen LogP) is 3.00. The van der Waals surface area contributed by atoms with Gasteiger partial charge in [-0.05, 0) is 37.8 Å². The lowest BCUT2D eigenvalue weighted by Crippen LogP contribution is -2.17. The minimum absolute atomic E-state index is 0.674. The molecule has 2 rings (SSSR count). The van der Waals surface area contributed by atoms with E-state index in [0.717, 1.165) is 0 Å². The third-order valence-corrected chi connectivity index (χ3v) is 2.23. The summed E-state index contributed by atoms with van der Waals surface area (Å²) in [6.07, 6.45) is 8.27. The Kier molecular flexibility index (Phi) is 3.39. The molecule has 0 radical (unpaired) electrons. The lowest BCUT2D eigenvalue weighted by atomic mass is 10.0. The van der Waals surface area contributed by atoms with E-state index in [0.29, 0.717) is 6.04 Å². The Hall–Kier alpha value is -0.720. The first-order chi connectivity index (χ1) is 5.86. The highest BCUT2D eigenvalue weighted by Gasteiger charge is 2.18. The van der Waals surface area contributed by atoms with Gasteiger partial charge in [-0.3, -0.25) is 0 Å². The molecular weight excluding hydrogens is 146 g/mol. The first-order valence-electron chi connectivity index (χ1n) is 5.01. The van der Waals surface area contributed by atoms with E-state index in [1.54, 1.807) is 5.57 Å². The SMILES string of the molecule is CC.CC1CC2=C(C=CCC2)N1. The lowest BCUT2D eigenvalue weighted by molar-refractivity contribution is 0.669. The van der Waals surface area contributed by atoms with Crippen molar-refractivity contribution in [1.29, 1.82) is 0 Å². The Morgan fingerprint density at radius 1 is 1.42 bits per heavy atom. The molecule has 1 heteroatoms. The van der Waals surface area contributed by atoms with Crippen molar-refractivity contribution in [3.05, 3.63) is 23.4 Å². The third-order valence-electron chi connectivity index (χ3n) is 2.23. The fraction of sp³-hybridized carbons (Fsp3) is 0.636. The molecule has 0 fully saturated rings. The van der Waals surface area contributed by atoms with E-state index < -0.39 is 0 Å². The molecule has 1 heterocycles. The molecule has 68 valence electrons. The van der Waals surface area contributed by atoms with E-state index in [9.17, 15) is 0 Å². The van der Waals surface area contributed by atoms with Gasteiger partial charge in [0.05, 0.1) is 0 Å². The smallest absolute Gasteiger partial charge is 0.0331 e. The van der Waals surface area contributed by atoms with Gasteiger partial charge in [0.2, 0.25) is 0 Å². The van der Waals surface area contributed by atoms with Crippen molar-refractivity contribution >= 4 is 0 Å². The van der Waals surface area contributed by atoms with E-state index in [4.69, 9.17) is 0 Å². The lowest BCUT2D eigenvalue weighted by Gasteiger charge is -2.06. The van der Waals surface area contributed by atoms with Gasteiger partial charge in [0.25, 0.3) is 0 Å². The molecule has 2 aliphatic rings. The number of allylic oxidation sites excluding steroid dienone is 2. The van der Waals surface area contributed by atoms with E-state index >= 15 is 0 Å². The summed E-state index contributed by atoms with van der Waals surface area (Å²) in [6.45, 7) is 6.24. The van der Waals surface area contributed by atoms with Crippen molar-refractivity contribution in [3.8, 4) is 0 Å². The maximum atomic E-state index is 3.45. The van der Waals surface area contributed by atoms with Crippen LogP contribution >= 0.6 is 0 Å². The molecule has 1 nitrogen and oxygen atoms in total. The van der Waals surface area contributed by atoms with Crippen LogP contribution in [0.4, 0.5) is 0 Å². The summed E-state index contributed by atoms with van der Waals surface area (Å²) in [4.78, 5) is 0. The monoisotopic (exact) mass is 165 g/mol. The normalized spacial score (nSPS) is 25.8. The molecule has 0 aromatic carbocycles. The Morgan fingerprint density at radius 2 is 2.17 bits per heavy atom. The summed E-state index contributed by atoms with van der Waals surface area (Å²) in [5, 5.41) is 3.45. The van der Waals surface area contributed by atoms with Crippen molar-refractivity contribution in [1.82, 2.24) is 5.32 Å². The van der Waals surface area contributed by atoms with Crippen molar-refractivity contribution in [2.24, 2.45) is 0 Å². The highest BCUT2D eigenvalue weighted by Crippen LogP contribution is 2.26. The second-order valence-corrected chi connectivity index (χ2v) is 3.21. The van der Waals surface area contributed by atoms with Gasteiger partial charge >= 0.3 is 0 Å². The molecule has 12 heavy (non-hydrogen) atoms. The van der Waals surface area contributed by atoms with Crippen LogP contribution in [0.5, 0.6) is 0 Å². The maximum Gasteiger partial charge on any atom is 0.0331 e. The molecule has 1 atom stereocenters. The van der Waals surface area contributed by atoms with Crippen LogP contribution in [0.3, 0.4) is 0 Å². The van der Waals surface area contributed by atoms with E-state index in [1.807, 2.05) is 13.8 Å². The summed E-state index contributed by atoms with van der Waals surface area (Å²) in [7, 11) is 0. The van der Waals surface area contributed by atoms with Gasteiger partial charge in [-0.2, -0.15) is 0 Å². The summed E-state index contributed by atoms with van der Waals surface area (Å²) in [6, 6.07) is 0.674. The quantitative estimate of drug-likeness (QED) is 0.582. The number of hydrogen-bond donors (Lipinski definition) is 1. The molecule has 0 saturated heterocycles. The molecule has 1 aliphatic carbocycles. The minimum Gasteiger partial charge on any atom is -0.382 e. The Morgan fingerprint density at radius 3 is 2.83 bits per heavy atom. The van der Waals surface area contributed by atoms with E-state index in [2.05, 4.69) is 24.4 Å². The van der Waals surface area contributed by atoms with E-state index in [1.165, 1.54) is 25.0 Å². The standard InChI is InChI=1S/C9H13N.C2H6/c1-7-6-8-4-2-3-5-9(8)10-7;1-2/h3,5,7,10H,2,4,6H2,1H3;1-2H3. The van der Waals surface area contributed by atoms with Gasteiger partial charge in [-0.25, -0.2) is 0 Å². The minimum atomic E-state index is 0.674. The first kappa shape index (κ1) is 9.37. The second kappa shape index (κ2) is 4.34. The summed E-state index contributed by atoms with van der Waals surface area (Å²) >= 11 is 0. The molecule has 0 saturated carbocycles. The summed E-state index contributed by atoms with van der Waals surface area (Å²) in [5.74, 6) is 0. The fourth-order valence-corrected chi connectivity index (χ4v) is 1.76. The van der Waals surface area contributed by atoms with Crippen molar-refractivity contribution < 1.29 is 0 Å². The van der Waals surface area contributed by atoms with Gasteiger partial charge in [0.1, 0.15) is 0 Å². The van der Waals surface area contributed by atoms with Crippen LogP contribution in [0.25, 0.3) is 0 Å². The number of rotatable bonds is 0. The molecule has 0 spiro atoms. The Bertz CT molecular complexity index is 201. The topological polar surface area (TPSA) is 12.0 Å². The molecule has 0 aromatic heterocycles. The molecule has 0 aromatic rings. The van der Waals surface area contributed by atoms with Gasteiger partial charge in [0.15, 0.2) is 0 Å². The van der Waals surface area contributed by atoms with Crippen molar-refractivity contribution in [3.63, 3.8) is 0 Å². The molecular formula is C11H19N. The molecule has 1 N–H and O–H groups in total. The van der Waals surface area contributed by atoms with Crippen LogP contribution in [0.1, 0.15) is 40.0 Å². The van der Waals surface area contributed by atoms with Crippen LogP contribution < -0.4 is 5.32 Å². The Balaban J connectivity index is 0.000000336. The Labute approximate surface area is 75.6 Å². The zero-order chi connectivity index (χ0) is 8.97. The average Bonchev–Trinajstić information content (AvgIpc) is 2.48. The highest BCUT2D eigenvalue weighted by atomic mass is 14.9. The predicted molar refractivity (Wildman–Crippen MR) is 54.0 cm³/mol. The zero-order valence-electron chi connectivity index (χ0n) is 8.35. The zero-order valence-corrected chi connectivity index (χ0v) is 8.35. The van der Waals surface area contributed by atoms with Crippen molar-refractivity contribution in [2.45, 2.75) is 46.1 Å². The number of hydrogen-bond acceptors (Lipinski definition) is 1. The fourth-order valence-electron chi connectivity index (χ4n) is 1.76. The van der Waals surface area contributed by atoms with Gasteiger partial charge in [0, 0.05) is 11.7 Å². The summed E-state index contributed by atoms with van der Waals surface area (Å²) < 4.78 is 0. The van der Waals surface area contributed by atoms with Gasteiger partial charge in [-0.1, -0.05) is 19.9 Å². The molecule has 0 bridgehead atoms. The van der Waals surface area contributed by atoms with Crippen LogP contribution in [-0.2, 0) is 0 Å². The largest absolute Gasteiger partial charge is 0.382 e. The number of nitrogens with one attached hydrogen (secondary N) is 1. The second-order valence-electron chi connectivity index (χ2n) is 3.21. The van der Waals surface area contributed by atoms with Crippen molar-refractivity contribution in [2.75, 3.05) is 0 Å². The van der Waals surface area contributed by atoms with Crippen LogP contribution in [0.15, 0.2) is 23.4 Å². The molecule has 1 aliphatic heterocycles. The van der Waals surface area contributed by atoms with Crippen LogP contribution in [0, 0.1) is 0 Å².